The zero-order chi connectivity index (χ0) is 12.3. The molecular formula is C13H12INO2. The number of hydrogen-bond acceptors (Lipinski definition) is 2. The van der Waals surface area contributed by atoms with Crippen molar-refractivity contribution in [2.45, 2.75) is 13.5 Å². The maximum absolute atomic E-state index is 11.9. The van der Waals surface area contributed by atoms with Crippen LogP contribution in [-0.4, -0.2) is 5.91 Å². The number of halogens is 1. The van der Waals surface area contributed by atoms with Crippen molar-refractivity contribution in [3.63, 3.8) is 0 Å². The van der Waals surface area contributed by atoms with Crippen LogP contribution in [0.25, 0.3) is 0 Å². The van der Waals surface area contributed by atoms with Gasteiger partial charge in [0.15, 0.2) is 0 Å². The first-order valence-electron chi connectivity index (χ1n) is 5.25. The maximum Gasteiger partial charge on any atom is 0.252 e. The number of carbonyl (C=O) groups is 1. The van der Waals surface area contributed by atoms with Gasteiger partial charge >= 0.3 is 0 Å². The van der Waals surface area contributed by atoms with Gasteiger partial charge < -0.3 is 9.73 Å². The number of hydrogen-bond donors (Lipinski definition) is 1. The number of carbonyl (C=O) groups excluding carboxylic acids is 1. The van der Waals surface area contributed by atoms with E-state index >= 15 is 0 Å². The molecule has 0 atom stereocenters. The summed E-state index contributed by atoms with van der Waals surface area (Å²) in [6.07, 6.45) is 0. The fourth-order valence-corrected chi connectivity index (χ4v) is 2.12. The Morgan fingerprint density at radius 1 is 1.29 bits per heavy atom. The van der Waals surface area contributed by atoms with Gasteiger partial charge in [-0.15, -0.1) is 0 Å². The highest BCUT2D eigenvalue weighted by atomic mass is 127. The molecule has 0 aliphatic carbocycles. The second kappa shape index (κ2) is 5.35. The van der Waals surface area contributed by atoms with Crippen LogP contribution in [0.4, 0.5) is 0 Å². The molecule has 0 saturated carbocycles. The number of benzene rings is 1. The Hall–Kier alpha value is -1.30. The van der Waals surface area contributed by atoms with Crippen molar-refractivity contribution >= 4 is 28.5 Å². The minimum Gasteiger partial charge on any atom is -0.465 e. The molecule has 2 rings (SSSR count). The van der Waals surface area contributed by atoms with Gasteiger partial charge in [-0.1, -0.05) is 12.1 Å². The molecule has 1 amide bonds. The summed E-state index contributed by atoms with van der Waals surface area (Å²) < 4.78 is 6.33. The van der Waals surface area contributed by atoms with E-state index < -0.39 is 0 Å². The van der Waals surface area contributed by atoms with Crippen LogP contribution < -0.4 is 5.32 Å². The zero-order valence-corrected chi connectivity index (χ0v) is 11.5. The van der Waals surface area contributed by atoms with Gasteiger partial charge in [0.2, 0.25) is 0 Å². The molecule has 0 fully saturated rings. The largest absolute Gasteiger partial charge is 0.465 e. The van der Waals surface area contributed by atoms with Gasteiger partial charge in [-0.2, -0.15) is 0 Å². The lowest BCUT2D eigenvalue weighted by Crippen LogP contribution is -2.23. The molecule has 17 heavy (non-hydrogen) atoms. The predicted octanol–water partition coefficient (Wildman–Crippen LogP) is 3.12. The minimum absolute atomic E-state index is 0.0796. The number of amides is 1. The van der Waals surface area contributed by atoms with Gasteiger partial charge in [0, 0.05) is 3.57 Å². The molecular weight excluding hydrogens is 329 g/mol. The van der Waals surface area contributed by atoms with E-state index in [2.05, 4.69) is 27.9 Å². The summed E-state index contributed by atoms with van der Waals surface area (Å²) in [7, 11) is 0. The maximum atomic E-state index is 11.9. The molecule has 1 heterocycles. The molecule has 1 aromatic heterocycles. The van der Waals surface area contributed by atoms with Gasteiger partial charge in [-0.3, -0.25) is 4.79 Å². The molecule has 3 nitrogen and oxygen atoms in total. The van der Waals surface area contributed by atoms with Crippen LogP contribution in [0.5, 0.6) is 0 Å². The summed E-state index contributed by atoms with van der Waals surface area (Å²) >= 11 is 2.15. The Bertz CT molecular complexity index is 534. The van der Waals surface area contributed by atoms with Crippen molar-refractivity contribution in [2.24, 2.45) is 0 Å². The van der Waals surface area contributed by atoms with E-state index in [0.717, 1.165) is 15.1 Å². The first-order valence-corrected chi connectivity index (χ1v) is 6.33. The lowest BCUT2D eigenvalue weighted by Gasteiger charge is -2.05. The SMILES string of the molecule is Cc1ccc(CNC(=O)c2ccccc2I)o1. The highest BCUT2D eigenvalue weighted by Gasteiger charge is 2.09. The minimum atomic E-state index is -0.0796. The van der Waals surface area contributed by atoms with Crippen molar-refractivity contribution in [3.8, 4) is 0 Å². The topological polar surface area (TPSA) is 42.2 Å². The van der Waals surface area contributed by atoms with Crippen LogP contribution in [0.2, 0.25) is 0 Å². The summed E-state index contributed by atoms with van der Waals surface area (Å²) in [6.45, 7) is 2.29. The molecule has 4 heteroatoms. The number of rotatable bonds is 3. The monoisotopic (exact) mass is 341 g/mol. The van der Waals surface area contributed by atoms with Crippen LogP contribution in [0, 0.1) is 10.5 Å². The van der Waals surface area contributed by atoms with Crippen LogP contribution in [0.15, 0.2) is 40.8 Å². The Morgan fingerprint density at radius 3 is 2.71 bits per heavy atom. The van der Waals surface area contributed by atoms with Crippen molar-refractivity contribution in [1.29, 1.82) is 0 Å². The molecule has 0 unspecified atom stereocenters. The molecule has 0 saturated heterocycles. The lowest BCUT2D eigenvalue weighted by molar-refractivity contribution is 0.0947. The Balaban J connectivity index is 2.01. The van der Waals surface area contributed by atoms with Gasteiger partial charge in [-0.05, 0) is 53.8 Å². The molecule has 0 bridgehead atoms. The van der Waals surface area contributed by atoms with E-state index in [1.807, 2.05) is 43.3 Å². The van der Waals surface area contributed by atoms with E-state index in [9.17, 15) is 4.79 Å². The molecule has 2 aromatic rings. The summed E-state index contributed by atoms with van der Waals surface area (Å²) in [4.78, 5) is 11.9. The molecule has 1 N–H and O–H groups in total. The fourth-order valence-electron chi connectivity index (χ4n) is 1.49. The molecule has 0 aliphatic rings. The molecule has 0 radical (unpaired) electrons. The summed E-state index contributed by atoms with van der Waals surface area (Å²) in [6, 6.07) is 11.2. The second-order valence-electron chi connectivity index (χ2n) is 3.67. The van der Waals surface area contributed by atoms with Gasteiger partial charge in [0.1, 0.15) is 11.5 Å². The third kappa shape index (κ3) is 3.09. The highest BCUT2D eigenvalue weighted by Crippen LogP contribution is 2.12. The van der Waals surface area contributed by atoms with Crippen molar-refractivity contribution in [1.82, 2.24) is 5.32 Å². The van der Waals surface area contributed by atoms with E-state index in [-0.39, 0.29) is 5.91 Å². The van der Waals surface area contributed by atoms with Gasteiger partial charge in [-0.25, -0.2) is 0 Å². The van der Waals surface area contributed by atoms with Crippen LogP contribution >= 0.6 is 22.6 Å². The average molecular weight is 341 g/mol. The number of furan rings is 1. The first-order chi connectivity index (χ1) is 8.16. The van der Waals surface area contributed by atoms with Crippen molar-refractivity contribution in [3.05, 3.63) is 57.1 Å². The molecule has 1 aromatic carbocycles. The van der Waals surface area contributed by atoms with Gasteiger partial charge in [0.05, 0.1) is 12.1 Å². The third-order valence-corrected chi connectivity index (χ3v) is 3.28. The first kappa shape index (κ1) is 12.2. The molecule has 0 aliphatic heterocycles. The lowest BCUT2D eigenvalue weighted by atomic mass is 10.2. The van der Waals surface area contributed by atoms with Crippen molar-refractivity contribution in [2.75, 3.05) is 0 Å². The Morgan fingerprint density at radius 2 is 2.06 bits per heavy atom. The number of nitrogens with one attached hydrogen (secondary N) is 1. The normalized spacial score (nSPS) is 10.2. The predicted molar refractivity (Wildman–Crippen MR) is 73.8 cm³/mol. The summed E-state index contributed by atoms with van der Waals surface area (Å²) in [5, 5.41) is 2.83. The third-order valence-electron chi connectivity index (χ3n) is 2.34. The average Bonchev–Trinajstić information content (AvgIpc) is 2.73. The van der Waals surface area contributed by atoms with E-state index in [0.29, 0.717) is 12.1 Å². The highest BCUT2D eigenvalue weighted by molar-refractivity contribution is 14.1. The summed E-state index contributed by atoms with van der Waals surface area (Å²) in [5.41, 5.74) is 0.691. The summed E-state index contributed by atoms with van der Waals surface area (Å²) in [5.74, 6) is 1.54. The Kier molecular flexibility index (Phi) is 3.83. The zero-order valence-electron chi connectivity index (χ0n) is 9.37. The van der Waals surface area contributed by atoms with E-state index in [4.69, 9.17) is 4.42 Å². The van der Waals surface area contributed by atoms with E-state index in [1.165, 1.54) is 0 Å². The van der Waals surface area contributed by atoms with Crippen LogP contribution in [0.3, 0.4) is 0 Å². The molecule has 88 valence electrons. The molecule has 0 spiro atoms. The van der Waals surface area contributed by atoms with E-state index in [1.54, 1.807) is 0 Å². The smallest absolute Gasteiger partial charge is 0.252 e. The fraction of sp³-hybridized carbons (Fsp3) is 0.154. The Labute approximate surface area is 113 Å². The van der Waals surface area contributed by atoms with Gasteiger partial charge in [0.25, 0.3) is 5.91 Å². The standard InChI is InChI=1S/C13H12INO2/c1-9-6-7-10(17-9)8-15-13(16)11-4-2-3-5-12(11)14/h2-7H,8H2,1H3,(H,15,16). The number of aryl methyl sites for hydroxylation is 1. The quantitative estimate of drug-likeness (QED) is 0.872. The van der Waals surface area contributed by atoms with Crippen molar-refractivity contribution < 1.29 is 9.21 Å². The van der Waals surface area contributed by atoms with Crippen LogP contribution in [-0.2, 0) is 6.54 Å². The second-order valence-corrected chi connectivity index (χ2v) is 4.84. The van der Waals surface area contributed by atoms with Crippen LogP contribution in [0.1, 0.15) is 21.9 Å².